The standard InChI is InChI=1S/C11H22N2/c1-3-8(2)12-7-9-6-10-4-5-11(9)13-10/h8-13H,3-7H2,1-2H3. The van der Waals surface area contributed by atoms with E-state index >= 15 is 0 Å². The van der Waals surface area contributed by atoms with Crippen LogP contribution in [0.2, 0.25) is 0 Å². The zero-order valence-electron chi connectivity index (χ0n) is 8.84. The molecular formula is C11H22N2. The lowest BCUT2D eigenvalue weighted by Crippen LogP contribution is -2.35. The van der Waals surface area contributed by atoms with Crippen molar-refractivity contribution in [3.8, 4) is 0 Å². The van der Waals surface area contributed by atoms with Crippen LogP contribution in [0.25, 0.3) is 0 Å². The molecule has 2 saturated heterocycles. The first-order valence-electron chi connectivity index (χ1n) is 5.79. The van der Waals surface area contributed by atoms with Gasteiger partial charge in [-0.15, -0.1) is 0 Å². The Kier molecular flexibility index (Phi) is 2.89. The van der Waals surface area contributed by atoms with Gasteiger partial charge < -0.3 is 10.6 Å². The van der Waals surface area contributed by atoms with Crippen LogP contribution in [0.4, 0.5) is 0 Å². The highest BCUT2D eigenvalue weighted by molar-refractivity contribution is 4.98. The predicted molar refractivity (Wildman–Crippen MR) is 55.8 cm³/mol. The average Bonchev–Trinajstić information content (AvgIpc) is 2.74. The molecule has 2 rings (SSSR count). The van der Waals surface area contributed by atoms with Gasteiger partial charge in [-0.25, -0.2) is 0 Å². The van der Waals surface area contributed by atoms with Gasteiger partial charge in [0.05, 0.1) is 0 Å². The van der Waals surface area contributed by atoms with Crippen molar-refractivity contribution in [2.75, 3.05) is 6.54 Å². The Morgan fingerprint density at radius 1 is 1.46 bits per heavy atom. The van der Waals surface area contributed by atoms with Crippen molar-refractivity contribution in [1.29, 1.82) is 0 Å². The molecule has 2 fully saturated rings. The fourth-order valence-corrected chi connectivity index (χ4v) is 2.66. The van der Waals surface area contributed by atoms with Crippen molar-refractivity contribution < 1.29 is 0 Å². The highest BCUT2D eigenvalue weighted by atomic mass is 15.0. The van der Waals surface area contributed by atoms with Crippen LogP contribution in [-0.2, 0) is 0 Å². The van der Waals surface area contributed by atoms with Crippen LogP contribution in [0.15, 0.2) is 0 Å². The van der Waals surface area contributed by atoms with E-state index in [1.165, 1.54) is 32.2 Å². The summed E-state index contributed by atoms with van der Waals surface area (Å²) in [6, 6.07) is 2.38. The summed E-state index contributed by atoms with van der Waals surface area (Å²) in [6.45, 7) is 5.75. The second kappa shape index (κ2) is 3.97. The van der Waals surface area contributed by atoms with E-state index in [-0.39, 0.29) is 0 Å². The Labute approximate surface area is 81.5 Å². The smallest absolute Gasteiger partial charge is 0.0111 e. The van der Waals surface area contributed by atoms with Gasteiger partial charge in [-0.1, -0.05) is 6.92 Å². The quantitative estimate of drug-likeness (QED) is 0.689. The second-order valence-electron chi connectivity index (χ2n) is 4.76. The van der Waals surface area contributed by atoms with Crippen molar-refractivity contribution in [3.05, 3.63) is 0 Å². The molecule has 0 saturated carbocycles. The lowest BCUT2D eigenvalue weighted by atomic mass is 9.89. The van der Waals surface area contributed by atoms with Crippen molar-refractivity contribution in [2.24, 2.45) is 5.92 Å². The van der Waals surface area contributed by atoms with Gasteiger partial charge in [-0.05, 0) is 45.1 Å². The van der Waals surface area contributed by atoms with Crippen molar-refractivity contribution >= 4 is 0 Å². The van der Waals surface area contributed by atoms with Gasteiger partial charge in [0, 0.05) is 18.1 Å². The van der Waals surface area contributed by atoms with Crippen molar-refractivity contribution in [2.45, 2.75) is 57.7 Å². The van der Waals surface area contributed by atoms with Crippen molar-refractivity contribution in [1.82, 2.24) is 10.6 Å². The molecule has 2 aliphatic heterocycles. The van der Waals surface area contributed by atoms with E-state index in [0.717, 1.165) is 18.0 Å². The van der Waals surface area contributed by atoms with E-state index in [4.69, 9.17) is 0 Å². The van der Waals surface area contributed by atoms with Gasteiger partial charge in [0.25, 0.3) is 0 Å². The minimum atomic E-state index is 0.694. The molecular weight excluding hydrogens is 160 g/mol. The molecule has 0 spiro atoms. The average molecular weight is 182 g/mol. The fourth-order valence-electron chi connectivity index (χ4n) is 2.66. The molecule has 0 amide bonds. The van der Waals surface area contributed by atoms with Crippen LogP contribution < -0.4 is 10.6 Å². The normalized spacial score (nSPS) is 39.7. The van der Waals surface area contributed by atoms with Crippen LogP contribution in [0, 0.1) is 5.92 Å². The van der Waals surface area contributed by atoms with Crippen LogP contribution in [0.5, 0.6) is 0 Å². The molecule has 13 heavy (non-hydrogen) atoms. The monoisotopic (exact) mass is 182 g/mol. The third-order valence-corrected chi connectivity index (χ3v) is 3.77. The number of nitrogens with one attached hydrogen (secondary N) is 2. The predicted octanol–water partition coefficient (Wildman–Crippen LogP) is 1.51. The summed E-state index contributed by atoms with van der Waals surface area (Å²) in [5.74, 6) is 0.910. The number of hydrogen-bond donors (Lipinski definition) is 2. The Morgan fingerprint density at radius 2 is 2.31 bits per heavy atom. The molecule has 4 atom stereocenters. The number of fused-ring (bicyclic) bond motifs is 2. The van der Waals surface area contributed by atoms with Crippen LogP contribution in [0.1, 0.15) is 39.5 Å². The molecule has 0 radical (unpaired) electrons. The Morgan fingerprint density at radius 3 is 2.85 bits per heavy atom. The topological polar surface area (TPSA) is 24.1 Å². The Balaban J connectivity index is 1.71. The molecule has 0 aromatic rings. The molecule has 2 nitrogen and oxygen atoms in total. The van der Waals surface area contributed by atoms with Gasteiger partial charge >= 0.3 is 0 Å². The zero-order valence-corrected chi connectivity index (χ0v) is 8.84. The molecule has 2 heteroatoms. The van der Waals surface area contributed by atoms with Gasteiger partial charge in [0.1, 0.15) is 0 Å². The van der Waals surface area contributed by atoms with E-state index in [0.29, 0.717) is 6.04 Å². The second-order valence-corrected chi connectivity index (χ2v) is 4.76. The maximum atomic E-state index is 3.68. The van der Waals surface area contributed by atoms with Crippen LogP contribution in [0.3, 0.4) is 0 Å². The Bertz CT molecular complexity index is 169. The SMILES string of the molecule is CCC(C)NCC1CC2CCC1N2. The first-order valence-corrected chi connectivity index (χ1v) is 5.79. The van der Waals surface area contributed by atoms with E-state index in [2.05, 4.69) is 24.5 Å². The summed E-state index contributed by atoms with van der Waals surface area (Å²) >= 11 is 0. The van der Waals surface area contributed by atoms with Gasteiger partial charge in [-0.3, -0.25) is 0 Å². The maximum Gasteiger partial charge on any atom is 0.0111 e. The molecule has 0 aromatic heterocycles. The van der Waals surface area contributed by atoms with Crippen molar-refractivity contribution in [3.63, 3.8) is 0 Å². The number of rotatable bonds is 4. The highest BCUT2D eigenvalue weighted by Crippen LogP contribution is 2.32. The van der Waals surface area contributed by atoms with Gasteiger partial charge in [-0.2, -0.15) is 0 Å². The van der Waals surface area contributed by atoms with Gasteiger partial charge in [0.15, 0.2) is 0 Å². The third-order valence-electron chi connectivity index (χ3n) is 3.77. The molecule has 76 valence electrons. The van der Waals surface area contributed by atoms with Crippen LogP contribution in [-0.4, -0.2) is 24.7 Å². The summed E-state index contributed by atoms with van der Waals surface area (Å²) in [7, 11) is 0. The molecule has 2 aliphatic rings. The summed E-state index contributed by atoms with van der Waals surface area (Å²) in [5, 5.41) is 7.30. The van der Waals surface area contributed by atoms with Crippen LogP contribution >= 0.6 is 0 Å². The third kappa shape index (κ3) is 2.05. The lowest BCUT2D eigenvalue weighted by molar-refractivity contribution is 0.363. The summed E-state index contributed by atoms with van der Waals surface area (Å²) in [5.41, 5.74) is 0. The minimum Gasteiger partial charge on any atom is -0.314 e. The first-order chi connectivity index (χ1) is 6.29. The molecule has 0 aromatic carbocycles. The molecule has 4 unspecified atom stereocenters. The molecule has 2 bridgehead atoms. The largest absolute Gasteiger partial charge is 0.314 e. The Hall–Kier alpha value is -0.0800. The van der Waals surface area contributed by atoms with E-state index in [1.54, 1.807) is 0 Å². The minimum absolute atomic E-state index is 0.694. The first kappa shape index (κ1) is 9.47. The van der Waals surface area contributed by atoms with E-state index < -0.39 is 0 Å². The summed E-state index contributed by atoms with van der Waals surface area (Å²) < 4.78 is 0. The zero-order chi connectivity index (χ0) is 9.26. The molecule has 2 N–H and O–H groups in total. The highest BCUT2D eigenvalue weighted by Gasteiger charge is 2.38. The van der Waals surface area contributed by atoms with Gasteiger partial charge in [0.2, 0.25) is 0 Å². The maximum absolute atomic E-state index is 3.68. The van der Waals surface area contributed by atoms with E-state index in [1.807, 2.05) is 0 Å². The fraction of sp³-hybridized carbons (Fsp3) is 1.00. The molecule has 2 heterocycles. The summed E-state index contributed by atoms with van der Waals surface area (Å²) in [4.78, 5) is 0. The number of hydrogen-bond acceptors (Lipinski definition) is 2. The van der Waals surface area contributed by atoms with E-state index in [9.17, 15) is 0 Å². The molecule has 0 aliphatic carbocycles. The summed E-state index contributed by atoms with van der Waals surface area (Å²) in [6.07, 6.45) is 5.49. The lowest BCUT2D eigenvalue weighted by Gasteiger charge is -2.22.